The van der Waals surface area contributed by atoms with Crippen LogP contribution in [0.2, 0.25) is 0 Å². The van der Waals surface area contributed by atoms with E-state index in [1.54, 1.807) is 0 Å². The van der Waals surface area contributed by atoms with Crippen molar-refractivity contribution in [3.8, 4) is 11.1 Å². The van der Waals surface area contributed by atoms with Gasteiger partial charge < -0.3 is 0 Å². The first-order chi connectivity index (χ1) is 9.33. The van der Waals surface area contributed by atoms with Gasteiger partial charge in [0.1, 0.15) is 0 Å². The van der Waals surface area contributed by atoms with Gasteiger partial charge in [-0.15, -0.1) is 0 Å². The molecule has 0 aromatic heterocycles. The summed E-state index contributed by atoms with van der Waals surface area (Å²) < 4.78 is 0. The molecule has 0 saturated heterocycles. The van der Waals surface area contributed by atoms with Crippen molar-refractivity contribution in [2.75, 3.05) is 0 Å². The Morgan fingerprint density at radius 1 is 0.684 bits per heavy atom. The summed E-state index contributed by atoms with van der Waals surface area (Å²) in [6.45, 7) is 8.62. The van der Waals surface area contributed by atoms with E-state index in [9.17, 15) is 0 Å². The Morgan fingerprint density at radius 3 is 1.42 bits per heavy atom. The molecular weight excluding hydrogens is 228 g/mol. The molecule has 0 amide bonds. The molecule has 0 bridgehead atoms. The molecule has 0 heterocycles. The molecular formula is C19H24. The second-order valence-electron chi connectivity index (χ2n) is 4.88. The lowest BCUT2D eigenvalue weighted by molar-refractivity contribution is 0.490. The van der Waals surface area contributed by atoms with Crippen LogP contribution in [0.1, 0.15) is 51.7 Å². The Morgan fingerprint density at radius 2 is 1.05 bits per heavy atom. The molecule has 0 nitrogen and oxygen atoms in total. The molecule has 0 heteroatoms. The van der Waals surface area contributed by atoms with Crippen LogP contribution in [0.3, 0.4) is 0 Å². The molecule has 0 saturated carbocycles. The lowest BCUT2D eigenvalue weighted by Crippen LogP contribution is -2.22. The van der Waals surface area contributed by atoms with E-state index in [0.29, 0.717) is 0 Å². The molecule has 0 fully saturated rings. The van der Waals surface area contributed by atoms with Crippen LogP contribution in [0.4, 0.5) is 0 Å². The number of hydrogen-bond donors (Lipinski definition) is 0. The van der Waals surface area contributed by atoms with Gasteiger partial charge in [0.05, 0.1) is 0 Å². The van der Waals surface area contributed by atoms with Gasteiger partial charge >= 0.3 is 0 Å². The van der Waals surface area contributed by atoms with Crippen LogP contribution in [0.15, 0.2) is 48.5 Å². The predicted molar refractivity (Wildman–Crippen MR) is 84.6 cm³/mol. The first-order valence-corrected chi connectivity index (χ1v) is 7.53. The van der Waals surface area contributed by atoms with Gasteiger partial charge in [0.25, 0.3) is 0 Å². The Labute approximate surface area is 117 Å². The average Bonchev–Trinajstić information content (AvgIpc) is 2.80. The highest BCUT2D eigenvalue weighted by Gasteiger charge is 2.39. The van der Waals surface area contributed by atoms with Crippen LogP contribution in [-0.2, 0) is 5.41 Å². The highest BCUT2D eigenvalue weighted by Crippen LogP contribution is 2.52. The summed E-state index contributed by atoms with van der Waals surface area (Å²) in [5.41, 5.74) is 6.16. The molecule has 100 valence electrons. The van der Waals surface area contributed by atoms with Crippen molar-refractivity contribution in [3.63, 3.8) is 0 Å². The predicted octanol–water partition coefficient (Wildman–Crippen LogP) is 5.80. The van der Waals surface area contributed by atoms with Crippen LogP contribution in [0.25, 0.3) is 11.1 Å². The van der Waals surface area contributed by atoms with Gasteiger partial charge in [0.2, 0.25) is 0 Å². The normalized spacial score (nSPS) is 14.1. The molecule has 3 rings (SSSR count). The largest absolute Gasteiger partial charge is 0.0683 e. The minimum absolute atomic E-state index is 0.243. The molecule has 0 N–H and O–H groups in total. The minimum atomic E-state index is 0.243. The third kappa shape index (κ3) is 1.90. The zero-order valence-corrected chi connectivity index (χ0v) is 12.5. The van der Waals surface area contributed by atoms with E-state index in [0.717, 1.165) is 0 Å². The SMILES string of the molecule is CC.CCC1(CC)c2ccccc2-c2ccccc21. The molecule has 1 aliphatic rings. The van der Waals surface area contributed by atoms with E-state index in [4.69, 9.17) is 0 Å². The summed E-state index contributed by atoms with van der Waals surface area (Å²) in [6.07, 6.45) is 2.36. The van der Waals surface area contributed by atoms with Gasteiger partial charge in [-0.25, -0.2) is 0 Å². The summed E-state index contributed by atoms with van der Waals surface area (Å²) in [4.78, 5) is 0. The van der Waals surface area contributed by atoms with Crippen molar-refractivity contribution in [3.05, 3.63) is 59.7 Å². The van der Waals surface area contributed by atoms with Crippen molar-refractivity contribution >= 4 is 0 Å². The Hall–Kier alpha value is -1.56. The first kappa shape index (κ1) is 13.9. The zero-order valence-electron chi connectivity index (χ0n) is 12.5. The number of fused-ring (bicyclic) bond motifs is 3. The summed E-state index contributed by atoms with van der Waals surface area (Å²) in [7, 11) is 0. The monoisotopic (exact) mass is 252 g/mol. The highest BCUT2D eigenvalue weighted by molar-refractivity contribution is 5.80. The fourth-order valence-corrected chi connectivity index (χ4v) is 3.43. The van der Waals surface area contributed by atoms with Crippen LogP contribution in [-0.4, -0.2) is 0 Å². The second kappa shape index (κ2) is 5.61. The Balaban J connectivity index is 0.000000637. The van der Waals surface area contributed by atoms with Crippen molar-refractivity contribution in [1.29, 1.82) is 0 Å². The van der Waals surface area contributed by atoms with Gasteiger partial charge in [-0.1, -0.05) is 76.2 Å². The van der Waals surface area contributed by atoms with Crippen molar-refractivity contribution in [2.45, 2.75) is 46.0 Å². The first-order valence-electron chi connectivity index (χ1n) is 7.53. The maximum Gasteiger partial charge on any atom is 0.0210 e. The second-order valence-corrected chi connectivity index (χ2v) is 4.88. The lowest BCUT2D eigenvalue weighted by atomic mass is 9.74. The summed E-state index contributed by atoms with van der Waals surface area (Å²) in [6, 6.07) is 17.8. The van der Waals surface area contributed by atoms with E-state index >= 15 is 0 Å². The topological polar surface area (TPSA) is 0 Å². The van der Waals surface area contributed by atoms with E-state index in [1.165, 1.54) is 35.1 Å². The number of rotatable bonds is 2. The van der Waals surface area contributed by atoms with Gasteiger partial charge in [-0.2, -0.15) is 0 Å². The summed E-state index contributed by atoms with van der Waals surface area (Å²) in [5.74, 6) is 0. The van der Waals surface area contributed by atoms with Crippen molar-refractivity contribution in [1.82, 2.24) is 0 Å². The molecule has 0 atom stereocenters. The highest BCUT2D eigenvalue weighted by atomic mass is 14.4. The van der Waals surface area contributed by atoms with Gasteiger partial charge in [-0.3, -0.25) is 0 Å². The average molecular weight is 252 g/mol. The Bertz CT molecular complexity index is 500. The molecule has 2 aromatic carbocycles. The number of hydrogen-bond acceptors (Lipinski definition) is 0. The van der Waals surface area contributed by atoms with E-state index in [1.807, 2.05) is 13.8 Å². The van der Waals surface area contributed by atoms with E-state index in [-0.39, 0.29) is 5.41 Å². The number of benzene rings is 2. The molecule has 0 spiro atoms. The maximum atomic E-state index is 2.31. The lowest BCUT2D eigenvalue weighted by Gasteiger charge is -2.29. The van der Waals surface area contributed by atoms with Crippen molar-refractivity contribution in [2.24, 2.45) is 0 Å². The summed E-state index contributed by atoms with van der Waals surface area (Å²) in [5, 5.41) is 0. The van der Waals surface area contributed by atoms with Gasteiger partial charge in [-0.05, 0) is 35.1 Å². The quantitative estimate of drug-likeness (QED) is 0.633. The molecule has 1 aliphatic carbocycles. The maximum absolute atomic E-state index is 2.31. The van der Waals surface area contributed by atoms with E-state index in [2.05, 4.69) is 62.4 Å². The molecule has 0 unspecified atom stereocenters. The molecule has 2 aromatic rings. The molecule has 0 aliphatic heterocycles. The fourth-order valence-electron chi connectivity index (χ4n) is 3.43. The zero-order chi connectivity index (χ0) is 13.9. The van der Waals surface area contributed by atoms with Gasteiger partial charge in [0.15, 0.2) is 0 Å². The van der Waals surface area contributed by atoms with Crippen molar-refractivity contribution < 1.29 is 0 Å². The third-order valence-electron chi connectivity index (χ3n) is 4.38. The van der Waals surface area contributed by atoms with Gasteiger partial charge in [0, 0.05) is 5.41 Å². The third-order valence-corrected chi connectivity index (χ3v) is 4.38. The molecule has 0 radical (unpaired) electrons. The van der Waals surface area contributed by atoms with E-state index < -0.39 is 0 Å². The minimum Gasteiger partial charge on any atom is -0.0683 e. The van der Waals surface area contributed by atoms with Crippen LogP contribution < -0.4 is 0 Å². The van der Waals surface area contributed by atoms with Crippen LogP contribution in [0.5, 0.6) is 0 Å². The molecule has 19 heavy (non-hydrogen) atoms. The fraction of sp³-hybridized carbons (Fsp3) is 0.368. The summed E-state index contributed by atoms with van der Waals surface area (Å²) >= 11 is 0. The van der Waals surface area contributed by atoms with Crippen LogP contribution >= 0.6 is 0 Å². The Kier molecular flexibility index (Phi) is 4.09. The van der Waals surface area contributed by atoms with Crippen LogP contribution in [0, 0.1) is 0 Å². The smallest absolute Gasteiger partial charge is 0.0210 e. The standard InChI is InChI=1S/C17H18.C2H6/c1-3-17(4-2)15-11-7-5-9-13(15)14-10-6-8-12-16(14)17;1-2/h5-12H,3-4H2,1-2H3;1-2H3.